The number of benzene rings is 1. The summed E-state index contributed by atoms with van der Waals surface area (Å²) < 4.78 is 0. The molecule has 0 aromatic heterocycles. The van der Waals surface area contributed by atoms with Gasteiger partial charge in [0.25, 0.3) is 0 Å². The van der Waals surface area contributed by atoms with Gasteiger partial charge in [-0.25, -0.2) is 0 Å². The zero-order valence-corrected chi connectivity index (χ0v) is 11.6. The Balaban J connectivity index is 2.32. The topological polar surface area (TPSA) is 92.4 Å². The van der Waals surface area contributed by atoms with E-state index in [1.54, 1.807) is 0 Å². The number of carboxylic acids is 1. The van der Waals surface area contributed by atoms with Crippen molar-refractivity contribution in [2.45, 2.75) is 19.4 Å². The number of aryl methyl sites for hydroxylation is 1. The number of hydrogen-bond donors (Lipinski definition) is 3. The van der Waals surface area contributed by atoms with E-state index < -0.39 is 12.0 Å². The molecule has 1 aromatic carbocycles. The van der Waals surface area contributed by atoms with Crippen LogP contribution in [0.15, 0.2) is 24.3 Å². The van der Waals surface area contributed by atoms with E-state index in [0.29, 0.717) is 0 Å². The van der Waals surface area contributed by atoms with E-state index in [-0.39, 0.29) is 17.4 Å². The van der Waals surface area contributed by atoms with Gasteiger partial charge in [0.15, 0.2) is 0 Å². The minimum atomic E-state index is -1.05. The number of hydrogen-bond acceptors (Lipinski definition) is 4. The van der Waals surface area contributed by atoms with Gasteiger partial charge in [0.2, 0.25) is 5.91 Å². The Morgan fingerprint density at radius 3 is 2.53 bits per heavy atom. The van der Waals surface area contributed by atoms with Crippen molar-refractivity contribution < 1.29 is 14.7 Å². The summed E-state index contributed by atoms with van der Waals surface area (Å²) in [7, 11) is 0. The second-order valence-corrected chi connectivity index (χ2v) is 5.09. The Bertz CT molecular complexity index is 434. The summed E-state index contributed by atoms with van der Waals surface area (Å²) in [5.74, 6) is -0.802. The molecule has 1 aromatic rings. The number of thioether (sulfide) groups is 1. The van der Waals surface area contributed by atoms with Crippen molar-refractivity contribution in [3.63, 3.8) is 0 Å². The van der Waals surface area contributed by atoms with E-state index in [9.17, 15) is 9.59 Å². The third kappa shape index (κ3) is 5.76. The average Bonchev–Trinajstić information content (AvgIpc) is 2.39. The Morgan fingerprint density at radius 2 is 2.00 bits per heavy atom. The monoisotopic (exact) mass is 282 g/mol. The fraction of sp³-hybridized carbons (Fsp3) is 0.385. The highest BCUT2D eigenvalue weighted by Crippen LogP contribution is 2.11. The quantitative estimate of drug-likeness (QED) is 0.701. The van der Waals surface area contributed by atoms with Gasteiger partial charge in [0, 0.05) is 11.4 Å². The van der Waals surface area contributed by atoms with E-state index in [2.05, 4.69) is 12.2 Å². The Hall–Kier alpha value is -1.53. The summed E-state index contributed by atoms with van der Waals surface area (Å²) in [6.07, 6.45) is 0.956. The fourth-order valence-electron chi connectivity index (χ4n) is 1.37. The Morgan fingerprint density at radius 1 is 1.37 bits per heavy atom. The van der Waals surface area contributed by atoms with E-state index in [4.69, 9.17) is 10.8 Å². The summed E-state index contributed by atoms with van der Waals surface area (Å²) in [4.78, 5) is 22.1. The minimum absolute atomic E-state index is 0.160. The van der Waals surface area contributed by atoms with Gasteiger partial charge in [-0.1, -0.05) is 19.1 Å². The van der Waals surface area contributed by atoms with Crippen LogP contribution in [0.4, 0.5) is 5.69 Å². The van der Waals surface area contributed by atoms with Crippen LogP contribution >= 0.6 is 11.8 Å². The molecule has 0 aliphatic carbocycles. The minimum Gasteiger partial charge on any atom is -0.480 e. The van der Waals surface area contributed by atoms with Gasteiger partial charge in [-0.3, -0.25) is 9.59 Å². The first-order valence-corrected chi connectivity index (χ1v) is 7.13. The van der Waals surface area contributed by atoms with Crippen molar-refractivity contribution in [3.05, 3.63) is 29.8 Å². The molecule has 0 saturated carbocycles. The fourth-order valence-corrected chi connectivity index (χ4v) is 2.14. The molecule has 5 nitrogen and oxygen atoms in total. The highest BCUT2D eigenvalue weighted by atomic mass is 32.2. The molecular formula is C13H18N2O3S. The molecule has 0 fully saturated rings. The number of rotatable bonds is 7. The second-order valence-electron chi connectivity index (χ2n) is 4.06. The molecule has 0 spiro atoms. The summed E-state index contributed by atoms with van der Waals surface area (Å²) in [6, 6.07) is 6.70. The Labute approximate surface area is 116 Å². The predicted molar refractivity (Wildman–Crippen MR) is 77.4 cm³/mol. The van der Waals surface area contributed by atoms with Gasteiger partial charge in [-0.05, 0) is 24.1 Å². The number of carbonyl (C=O) groups excluding carboxylic acids is 1. The number of nitrogens with two attached hydrogens (primary N) is 1. The maximum Gasteiger partial charge on any atom is 0.321 e. The van der Waals surface area contributed by atoms with Gasteiger partial charge in [0.05, 0.1) is 5.75 Å². The van der Waals surface area contributed by atoms with Crippen LogP contribution in [-0.2, 0) is 16.0 Å². The third-order valence-corrected chi connectivity index (χ3v) is 3.55. The summed E-state index contributed by atoms with van der Waals surface area (Å²) in [6.45, 7) is 2.07. The zero-order chi connectivity index (χ0) is 14.3. The van der Waals surface area contributed by atoms with Crippen molar-refractivity contribution >= 4 is 29.3 Å². The third-order valence-electron chi connectivity index (χ3n) is 2.49. The molecule has 4 N–H and O–H groups in total. The standard InChI is InChI=1S/C13H18N2O3S/c1-2-9-3-5-10(6-4-9)15-12(16)8-19-7-11(14)13(17)18/h3-6,11H,2,7-8,14H2,1H3,(H,15,16)(H,17,18). The summed E-state index contributed by atoms with van der Waals surface area (Å²) >= 11 is 1.21. The number of nitrogens with one attached hydrogen (secondary N) is 1. The molecule has 0 aliphatic rings. The van der Waals surface area contributed by atoms with Crippen LogP contribution in [0, 0.1) is 0 Å². The van der Waals surface area contributed by atoms with Crippen molar-refractivity contribution in [1.82, 2.24) is 0 Å². The first-order valence-electron chi connectivity index (χ1n) is 5.98. The SMILES string of the molecule is CCc1ccc(NC(=O)CSCC(N)C(=O)O)cc1. The lowest BCUT2D eigenvalue weighted by atomic mass is 10.1. The zero-order valence-electron chi connectivity index (χ0n) is 10.8. The van der Waals surface area contributed by atoms with Crippen molar-refractivity contribution in [1.29, 1.82) is 0 Å². The molecule has 0 saturated heterocycles. The highest BCUT2D eigenvalue weighted by Gasteiger charge is 2.12. The van der Waals surface area contributed by atoms with Crippen LogP contribution in [0.5, 0.6) is 0 Å². The van der Waals surface area contributed by atoms with Crippen LogP contribution in [0.1, 0.15) is 12.5 Å². The average molecular weight is 282 g/mol. The second kappa shape index (κ2) is 7.81. The van der Waals surface area contributed by atoms with Crippen LogP contribution < -0.4 is 11.1 Å². The molecule has 1 atom stereocenters. The Kier molecular flexibility index (Phi) is 6.38. The maximum absolute atomic E-state index is 11.6. The molecule has 104 valence electrons. The largest absolute Gasteiger partial charge is 0.480 e. The highest BCUT2D eigenvalue weighted by molar-refractivity contribution is 8.00. The molecule has 0 aliphatic heterocycles. The molecule has 0 radical (unpaired) electrons. The summed E-state index contributed by atoms with van der Waals surface area (Å²) in [5.41, 5.74) is 7.28. The number of carboxylic acid groups (broad SMARTS) is 1. The van der Waals surface area contributed by atoms with Crippen molar-refractivity contribution in [2.75, 3.05) is 16.8 Å². The van der Waals surface area contributed by atoms with E-state index >= 15 is 0 Å². The first-order chi connectivity index (χ1) is 9.02. The maximum atomic E-state index is 11.6. The van der Waals surface area contributed by atoms with E-state index in [1.165, 1.54) is 17.3 Å². The van der Waals surface area contributed by atoms with E-state index in [0.717, 1.165) is 12.1 Å². The molecular weight excluding hydrogens is 264 g/mol. The number of amides is 1. The molecule has 0 bridgehead atoms. The number of aliphatic carboxylic acids is 1. The molecule has 6 heteroatoms. The van der Waals surface area contributed by atoms with Gasteiger partial charge in [-0.2, -0.15) is 0 Å². The predicted octanol–water partition coefficient (Wildman–Crippen LogP) is 1.33. The van der Waals surface area contributed by atoms with Crippen LogP contribution in [0.2, 0.25) is 0 Å². The first kappa shape index (κ1) is 15.5. The molecule has 0 heterocycles. The van der Waals surface area contributed by atoms with Crippen LogP contribution in [0.25, 0.3) is 0 Å². The molecule has 1 unspecified atom stereocenters. The lowest BCUT2D eigenvalue weighted by Gasteiger charge is -2.07. The van der Waals surface area contributed by atoms with Crippen LogP contribution in [-0.4, -0.2) is 34.5 Å². The van der Waals surface area contributed by atoms with Gasteiger partial charge in [-0.15, -0.1) is 11.8 Å². The van der Waals surface area contributed by atoms with Crippen molar-refractivity contribution in [3.8, 4) is 0 Å². The van der Waals surface area contributed by atoms with Gasteiger partial charge in [0.1, 0.15) is 6.04 Å². The van der Waals surface area contributed by atoms with E-state index in [1.807, 2.05) is 24.3 Å². The number of anilines is 1. The summed E-state index contributed by atoms with van der Waals surface area (Å²) in [5, 5.41) is 11.3. The molecule has 1 amide bonds. The smallest absolute Gasteiger partial charge is 0.321 e. The van der Waals surface area contributed by atoms with Crippen LogP contribution in [0.3, 0.4) is 0 Å². The lowest BCUT2D eigenvalue weighted by Crippen LogP contribution is -2.33. The van der Waals surface area contributed by atoms with Gasteiger partial charge >= 0.3 is 5.97 Å². The normalized spacial score (nSPS) is 11.9. The number of carbonyl (C=O) groups is 2. The van der Waals surface area contributed by atoms with Crippen molar-refractivity contribution in [2.24, 2.45) is 5.73 Å². The van der Waals surface area contributed by atoms with Gasteiger partial charge < -0.3 is 16.2 Å². The molecule has 19 heavy (non-hydrogen) atoms. The molecule has 1 rings (SSSR count). The lowest BCUT2D eigenvalue weighted by molar-refractivity contribution is -0.137.